The molecule has 1 aromatic carbocycles. The first-order valence-corrected chi connectivity index (χ1v) is 5.53. The van der Waals surface area contributed by atoms with Gasteiger partial charge in [-0.3, -0.25) is 4.79 Å². The number of imidazole rings is 1. The van der Waals surface area contributed by atoms with Gasteiger partial charge in [0, 0.05) is 7.05 Å². The van der Waals surface area contributed by atoms with Crippen LogP contribution in [0, 0.1) is 5.41 Å². The van der Waals surface area contributed by atoms with Gasteiger partial charge in [0.25, 0.3) is 0 Å². The molecule has 17 heavy (non-hydrogen) atoms. The minimum absolute atomic E-state index is 0.509. The summed E-state index contributed by atoms with van der Waals surface area (Å²) < 4.78 is 1.95. The smallest absolute Gasteiger partial charge is 0.309 e. The zero-order valence-electron chi connectivity index (χ0n) is 10.3. The summed E-state index contributed by atoms with van der Waals surface area (Å²) in [4.78, 5) is 15.3. The number of fused-ring (bicyclic) bond motifs is 1. The SMILES string of the molecule is Cn1cnc2cc(CC(C)(C)C(=O)O)ccc21. The van der Waals surface area contributed by atoms with Gasteiger partial charge in [-0.15, -0.1) is 0 Å². The molecule has 0 radical (unpaired) electrons. The molecule has 1 aromatic heterocycles. The lowest BCUT2D eigenvalue weighted by Gasteiger charge is -2.18. The number of hydrogen-bond donors (Lipinski definition) is 1. The van der Waals surface area contributed by atoms with E-state index in [1.165, 1.54) is 0 Å². The average Bonchev–Trinajstić information content (AvgIpc) is 2.59. The Kier molecular flexibility index (Phi) is 2.65. The molecule has 0 unspecified atom stereocenters. The number of hydrogen-bond acceptors (Lipinski definition) is 2. The van der Waals surface area contributed by atoms with Crippen molar-refractivity contribution < 1.29 is 9.90 Å². The maximum Gasteiger partial charge on any atom is 0.309 e. The van der Waals surface area contributed by atoms with Gasteiger partial charge in [0.05, 0.1) is 22.8 Å². The van der Waals surface area contributed by atoms with Crippen molar-refractivity contribution in [2.24, 2.45) is 12.5 Å². The molecule has 1 heterocycles. The van der Waals surface area contributed by atoms with Crippen LogP contribution in [0.4, 0.5) is 0 Å². The number of carbonyl (C=O) groups is 1. The fourth-order valence-corrected chi connectivity index (χ4v) is 1.88. The molecular weight excluding hydrogens is 216 g/mol. The minimum atomic E-state index is -0.779. The van der Waals surface area contributed by atoms with Gasteiger partial charge in [0.15, 0.2) is 0 Å². The van der Waals surface area contributed by atoms with Crippen molar-refractivity contribution in [2.45, 2.75) is 20.3 Å². The molecule has 2 aromatic rings. The van der Waals surface area contributed by atoms with Crippen molar-refractivity contribution in [1.82, 2.24) is 9.55 Å². The molecule has 0 aliphatic heterocycles. The van der Waals surface area contributed by atoms with E-state index < -0.39 is 11.4 Å². The highest BCUT2D eigenvalue weighted by Crippen LogP contribution is 2.24. The summed E-state index contributed by atoms with van der Waals surface area (Å²) in [5.74, 6) is -0.779. The van der Waals surface area contributed by atoms with E-state index in [2.05, 4.69) is 4.98 Å². The molecule has 2 rings (SSSR count). The van der Waals surface area contributed by atoms with Crippen LogP contribution in [0.25, 0.3) is 11.0 Å². The van der Waals surface area contributed by atoms with Crippen LogP contribution in [0.1, 0.15) is 19.4 Å². The van der Waals surface area contributed by atoms with E-state index in [0.29, 0.717) is 6.42 Å². The molecule has 1 N–H and O–H groups in total. The second-order valence-corrected chi connectivity index (χ2v) is 5.04. The number of carboxylic acids is 1. The molecular formula is C13H16N2O2. The molecule has 0 amide bonds. The van der Waals surface area contributed by atoms with Gasteiger partial charge in [-0.05, 0) is 38.0 Å². The number of aryl methyl sites for hydroxylation is 1. The minimum Gasteiger partial charge on any atom is -0.481 e. The van der Waals surface area contributed by atoms with Crippen molar-refractivity contribution in [2.75, 3.05) is 0 Å². The summed E-state index contributed by atoms with van der Waals surface area (Å²) in [6.07, 6.45) is 2.27. The van der Waals surface area contributed by atoms with E-state index in [9.17, 15) is 4.79 Å². The first-order valence-electron chi connectivity index (χ1n) is 5.53. The van der Waals surface area contributed by atoms with Crippen LogP contribution in [0.3, 0.4) is 0 Å². The summed E-state index contributed by atoms with van der Waals surface area (Å²) in [5.41, 5.74) is 2.22. The van der Waals surface area contributed by atoms with Crippen LogP contribution < -0.4 is 0 Å². The second kappa shape index (κ2) is 3.87. The van der Waals surface area contributed by atoms with Crippen molar-refractivity contribution in [3.63, 3.8) is 0 Å². The molecule has 0 atom stereocenters. The summed E-state index contributed by atoms with van der Waals surface area (Å²) in [7, 11) is 1.94. The van der Waals surface area contributed by atoms with E-state index in [-0.39, 0.29) is 0 Å². The molecule has 4 heteroatoms. The summed E-state index contributed by atoms with van der Waals surface area (Å²) in [5, 5.41) is 9.10. The number of nitrogens with zero attached hydrogens (tertiary/aromatic N) is 2. The number of rotatable bonds is 3. The average molecular weight is 232 g/mol. The zero-order chi connectivity index (χ0) is 12.6. The predicted octanol–water partition coefficient (Wildman–Crippen LogP) is 2.23. The monoisotopic (exact) mass is 232 g/mol. The fraction of sp³-hybridized carbons (Fsp3) is 0.385. The molecule has 0 bridgehead atoms. The highest BCUT2D eigenvalue weighted by Gasteiger charge is 2.27. The third-order valence-electron chi connectivity index (χ3n) is 3.01. The molecule has 0 spiro atoms. The first-order chi connectivity index (χ1) is 7.90. The molecule has 0 aliphatic carbocycles. The van der Waals surface area contributed by atoms with Gasteiger partial charge in [-0.25, -0.2) is 4.98 Å². The maximum atomic E-state index is 11.1. The van der Waals surface area contributed by atoms with Crippen LogP contribution in [-0.2, 0) is 18.3 Å². The molecule has 90 valence electrons. The summed E-state index contributed by atoms with van der Waals surface area (Å²) in [6.45, 7) is 3.47. The van der Waals surface area contributed by atoms with Crippen molar-refractivity contribution >= 4 is 17.0 Å². The molecule has 0 saturated heterocycles. The highest BCUT2D eigenvalue weighted by molar-refractivity contribution is 5.77. The Hall–Kier alpha value is -1.84. The predicted molar refractivity (Wildman–Crippen MR) is 65.8 cm³/mol. The fourth-order valence-electron chi connectivity index (χ4n) is 1.88. The lowest BCUT2D eigenvalue weighted by atomic mass is 9.86. The standard InChI is InChI=1S/C13H16N2O2/c1-13(2,12(16)17)7-9-4-5-11-10(6-9)14-8-15(11)3/h4-6,8H,7H2,1-3H3,(H,16,17). The van der Waals surface area contributed by atoms with Crippen molar-refractivity contribution in [1.29, 1.82) is 0 Å². The van der Waals surface area contributed by atoms with E-state index in [0.717, 1.165) is 16.6 Å². The Morgan fingerprint density at radius 2 is 2.18 bits per heavy atom. The van der Waals surface area contributed by atoms with Gasteiger partial charge >= 0.3 is 5.97 Å². The van der Waals surface area contributed by atoms with Crippen molar-refractivity contribution in [3.05, 3.63) is 30.1 Å². The number of benzene rings is 1. The lowest BCUT2D eigenvalue weighted by molar-refractivity contribution is -0.146. The van der Waals surface area contributed by atoms with Crippen LogP contribution in [0.2, 0.25) is 0 Å². The zero-order valence-corrected chi connectivity index (χ0v) is 10.3. The van der Waals surface area contributed by atoms with Crippen LogP contribution in [0.5, 0.6) is 0 Å². The third-order valence-corrected chi connectivity index (χ3v) is 3.01. The Balaban J connectivity index is 2.34. The normalized spacial score (nSPS) is 11.9. The highest BCUT2D eigenvalue weighted by atomic mass is 16.4. The van der Waals surface area contributed by atoms with Crippen molar-refractivity contribution in [3.8, 4) is 0 Å². The molecule has 0 fully saturated rings. The topological polar surface area (TPSA) is 55.1 Å². The largest absolute Gasteiger partial charge is 0.481 e. The Bertz CT molecular complexity index is 570. The Morgan fingerprint density at radius 1 is 1.47 bits per heavy atom. The molecule has 4 nitrogen and oxygen atoms in total. The van der Waals surface area contributed by atoms with Gasteiger partial charge in [-0.2, -0.15) is 0 Å². The number of aromatic nitrogens is 2. The summed E-state index contributed by atoms with van der Waals surface area (Å²) >= 11 is 0. The summed E-state index contributed by atoms with van der Waals surface area (Å²) in [6, 6.07) is 5.91. The quantitative estimate of drug-likeness (QED) is 0.882. The Labute approximate surface area is 99.9 Å². The lowest BCUT2D eigenvalue weighted by Crippen LogP contribution is -2.26. The van der Waals surface area contributed by atoms with E-state index in [1.807, 2.05) is 29.8 Å². The Morgan fingerprint density at radius 3 is 2.82 bits per heavy atom. The number of aliphatic carboxylic acids is 1. The maximum absolute atomic E-state index is 11.1. The van der Waals surface area contributed by atoms with Gasteiger partial charge in [0.2, 0.25) is 0 Å². The van der Waals surface area contributed by atoms with Gasteiger partial charge in [-0.1, -0.05) is 6.07 Å². The molecule has 0 saturated carbocycles. The van der Waals surface area contributed by atoms with E-state index in [1.54, 1.807) is 20.2 Å². The first kappa shape index (κ1) is 11.6. The van der Waals surface area contributed by atoms with Crippen LogP contribution in [0.15, 0.2) is 24.5 Å². The van der Waals surface area contributed by atoms with Gasteiger partial charge in [0.1, 0.15) is 0 Å². The number of carboxylic acid groups (broad SMARTS) is 1. The van der Waals surface area contributed by atoms with Gasteiger partial charge < -0.3 is 9.67 Å². The van der Waals surface area contributed by atoms with E-state index in [4.69, 9.17) is 5.11 Å². The second-order valence-electron chi connectivity index (χ2n) is 5.04. The van der Waals surface area contributed by atoms with Crippen LogP contribution in [-0.4, -0.2) is 20.6 Å². The van der Waals surface area contributed by atoms with E-state index >= 15 is 0 Å². The van der Waals surface area contributed by atoms with Crippen LogP contribution >= 0.6 is 0 Å². The third kappa shape index (κ3) is 2.16. The molecule has 0 aliphatic rings.